The second-order valence-corrected chi connectivity index (χ2v) is 6.60. The molecule has 1 heterocycles. The number of aromatic nitrogens is 2. The third-order valence-electron chi connectivity index (χ3n) is 4.19. The van der Waals surface area contributed by atoms with Crippen LogP contribution >= 0.6 is 0 Å². The van der Waals surface area contributed by atoms with Gasteiger partial charge in [-0.2, -0.15) is 5.10 Å². The zero-order valence-corrected chi connectivity index (χ0v) is 13.8. The summed E-state index contributed by atoms with van der Waals surface area (Å²) < 4.78 is 15.0. The fourth-order valence-corrected chi connectivity index (χ4v) is 3.22. The molecule has 2 aromatic rings. The van der Waals surface area contributed by atoms with E-state index in [-0.39, 0.29) is 11.7 Å². The Morgan fingerprint density at radius 3 is 2.65 bits per heavy atom. The number of hydrogen-bond acceptors (Lipinski definition) is 2. The molecule has 0 unspecified atom stereocenters. The molecule has 0 aliphatic heterocycles. The lowest BCUT2D eigenvalue weighted by molar-refractivity contribution is 0.0772. The van der Waals surface area contributed by atoms with Gasteiger partial charge in [-0.1, -0.05) is 13.8 Å². The lowest BCUT2D eigenvalue weighted by atomic mass is 10.1. The Hall–Kier alpha value is -2.17. The van der Waals surface area contributed by atoms with Crippen molar-refractivity contribution in [2.75, 3.05) is 13.6 Å². The Morgan fingerprint density at radius 1 is 1.30 bits per heavy atom. The Bertz CT molecular complexity index is 719. The van der Waals surface area contributed by atoms with Crippen LogP contribution in [0.5, 0.6) is 0 Å². The summed E-state index contributed by atoms with van der Waals surface area (Å²) in [6, 6.07) is 6.25. The van der Waals surface area contributed by atoms with E-state index in [1.165, 1.54) is 12.1 Å². The van der Waals surface area contributed by atoms with Crippen molar-refractivity contribution < 1.29 is 9.18 Å². The summed E-state index contributed by atoms with van der Waals surface area (Å²) in [4.78, 5) is 14.5. The quantitative estimate of drug-likeness (QED) is 0.869. The first-order chi connectivity index (χ1) is 11.0. The number of fused-ring (bicyclic) bond motifs is 1. The molecule has 0 saturated carbocycles. The fourth-order valence-electron chi connectivity index (χ4n) is 3.22. The van der Waals surface area contributed by atoms with E-state index in [2.05, 4.69) is 18.9 Å². The molecule has 0 radical (unpaired) electrons. The van der Waals surface area contributed by atoms with Crippen molar-refractivity contribution in [1.29, 1.82) is 0 Å². The lowest BCUT2D eigenvalue weighted by Crippen LogP contribution is -2.31. The minimum absolute atomic E-state index is 0.0299. The summed E-state index contributed by atoms with van der Waals surface area (Å²) in [5.74, 6) is 0.111. The molecule has 0 N–H and O–H groups in total. The summed E-state index contributed by atoms with van der Waals surface area (Å²) in [5, 5.41) is 4.56. The van der Waals surface area contributed by atoms with E-state index in [9.17, 15) is 9.18 Å². The highest BCUT2D eigenvalue weighted by Crippen LogP contribution is 2.28. The molecule has 1 aromatic carbocycles. The average molecular weight is 315 g/mol. The van der Waals surface area contributed by atoms with Gasteiger partial charge in [-0.05, 0) is 49.4 Å². The van der Waals surface area contributed by atoms with Crippen LogP contribution in [-0.4, -0.2) is 34.2 Å². The van der Waals surface area contributed by atoms with Crippen LogP contribution in [0.3, 0.4) is 0 Å². The summed E-state index contributed by atoms with van der Waals surface area (Å²) in [5.41, 5.74) is 3.48. The van der Waals surface area contributed by atoms with Gasteiger partial charge in [0, 0.05) is 24.8 Å². The second kappa shape index (κ2) is 6.14. The summed E-state index contributed by atoms with van der Waals surface area (Å²) >= 11 is 0. The summed E-state index contributed by atoms with van der Waals surface area (Å²) in [6.07, 6.45) is 2.82. The normalized spacial score (nSPS) is 13.4. The van der Waals surface area contributed by atoms with E-state index in [1.54, 1.807) is 21.7 Å². The third kappa shape index (κ3) is 3.00. The van der Waals surface area contributed by atoms with Gasteiger partial charge < -0.3 is 4.90 Å². The second-order valence-electron chi connectivity index (χ2n) is 6.60. The van der Waals surface area contributed by atoms with Crippen molar-refractivity contribution in [2.24, 2.45) is 5.92 Å². The molecule has 5 heteroatoms. The largest absolute Gasteiger partial charge is 0.340 e. The Labute approximate surface area is 135 Å². The van der Waals surface area contributed by atoms with Gasteiger partial charge in [-0.25, -0.2) is 9.07 Å². The first-order valence-electron chi connectivity index (χ1n) is 8.09. The molecule has 0 atom stereocenters. The average Bonchev–Trinajstić information content (AvgIpc) is 3.09. The minimum atomic E-state index is -0.273. The van der Waals surface area contributed by atoms with Crippen LogP contribution in [0.1, 0.15) is 42.0 Å². The van der Waals surface area contributed by atoms with Crippen LogP contribution in [0.4, 0.5) is 4.39 Å². The number of rotatable bonds is 4. The maximum absolute atomic E-state index is 13.1. The summed E-state index contributed by atoms with van der Waals surface area (Å²) in [6.45, 7) is 4.88. The monoisotopic (exact) mass is 315 g/mol. The number of hydrogen-bond donors (Lipinski definition) is 0. The van der Waals surface area contributed by atoms with E-state index in [0.29, 0.717) is 18.2 Å². The zero-order chi connectivity index (χ0) is 16.6. The highest BCUT2D eigenvalue weighted by Gasteiger charge is 2.28. The number of halogens is 1. The van der Waals surface area contributed by atoms with E-state index in [0.717, 1.165) is 36.2 Å². The summed E-state index contributed by atoms with van der Waals surface area (Å²) in [7, 11) is 1.82. The van der Waals surface area contributed by atoms with Gasteiger partial charge in [0.2, 0.25) is 0 Å². The number of carbonyl (C=O) groups is 1. The highest BCUT2D eigenvalue weighted by atomic mass is 19.1. The van der Waals surface area contributed by atoms with Gasteiger partial charge in [0.25, 0.3) is 5.91 Å². The van der Waals surface area contributed by atoms with Gasteiger partial charge in [-0.15, -0.1) is 0 Å². The van der Waals surface area contributed by atoms with Crippen molar-refractivity contribution in [3.05, 3.63) is 47.0 Å². The molecule has 23 heavy (non-hydrogen) atoms. The van der Waals surface area contributed by atoms with Crippen molar-refractivity contribution in [2.45, 2.75) is 33.1 Å². The van der Waals surface area contributed by atoms with E-state index in [1.807, 2.05) is 7.05 Å². The van der Waals surface area contributed by atoms with Crippen LogP contribution < -0.4 is 0 Å². The molecule has 1 aliphatic rings. The molecule has 1 amide bonds. The molecule has 0 saturated heterocycles. The van der Waals surface area contributed by atoms with Crippen LogP contribution in [-0.2, 0) is 12.8 Å². The standard InChI is InChI=1S/C18H22FN3O/c1-12(2)11-21(3)18(23)17-15-5-4-6-16(15)22(20-17)14-9-7-13(19)8-10-14/h7-10,12H,4-6,11H2,1-3H3. The Balaban J connectivity index is 1.98. The molecule has 3 rings (SSSR count). The molecule has 122 valence electrons. The topological polar surface area (TPSA) is 38.1 Å². The van der Waals surface area contributed by atoms with Crippen LogP contribution in [0.25, 0.3) is 5.69 Å². The van der Waals surface area contributed by atoms with E-state index >= 15 is 0 Å². The molecule has 1 aliphatic carbocycles. The van der Waals surface area contributed by atoms with E-state index in [4.69, 9.17) is 0 Å². The lowest BCUT2D eigenvalue weighted by Gasteiger charge is -2.18. The molecule has 0 fully saturated rings. The van der Waals surface area contributed by atoms with E-state index < -0.39 is 0 Å². The molecule has 0 spiro atoms. The van der Waals surface area contributed by atoms with Gasteiger partial charge in [0.1, 0.15) is 5.82 Å². The Kier molecular flexibility index (Phi) is 4.20. The molecule has 4 nitrogen and oxygen atoms in total. The highest BCUT2D eigenvalue weighted by molar-refractivity contribution is 5.94. The van der Waals surface area contributed by atoms with Crippen LogP contribution in [0.2, 0.25) is 0 Å². The van der Waals surface area contributed by atoms with Gasteiger partial charge >= 0.3 is 0 Å². The van der Waals surface area contributed by atoms with Crippen LogP contribution in [0, 0.1) is 11.7 Å². The molecule has 0 bridgehead atoms. The molecule has 1 aromatic heterocycles. The van der Waals surface area contributed by atoms with Crippen molar-refractivity contribution >= 4 is 5.91 Å². The zero-order valence-electron chi connectivity index (χ0n) is 13.8. The maximum Gasteiger partial charge on any atom is 0.274 e. The van der Waals surface area contributed by atoms with Gasteiger partial charge in [0.15, 0.2) is 5.69 Å². The van der Waals surface area contributed by atoms with Crippen LogP contribution in [0.15, 0.2) is 24.3 Å². The van der Waals surface area contributed by atoms with Gasteiger partial charge in [-0.3, -0.25) is 4.79 Å². The number of amides is 1. The fraction of sp³-hybridized carbons (Fsp3) is 0.444. The minimum Gasteiger partial charge on any atom is -0.340 e. The van der Waals surface area contributed by atoms with Crippen molar-refractivity contribution in [1.82, 2.24) is 14.7 Å². The maximum atomic E-state index is 13.1. The third-order valence-corrected chi connectivity index (χ3v) is 4.19. The Morgan fingerprint density at radius 2 is 2.00 bits per heavy atom. The first kappa shape index (κ1) is 15.7. The number of benzene rings is 1. The van der Waals surface area contributed by atoms with Crippen molar-refractivity contribution in [3.8, 4) is 5.69 Å². The van der Waals surface area contributed by atoms with Gasteiger partial charge in [0.05, 0.1) is 5.69 Å². The smallest absolute Gasteiger partial charge is 0.274 e. The molecular formula is C18H22FN3O. The predicted octanol–water partition coefficient (Wildman–Crippen LogP) is 3.23. The number of carbonyl (C=O) groups excluding carboxylic acids is 1. The number of nitrogens with zero attached hydrogens (tertiary/aromatic N) is 3. The predicted molar refractivity (Wildman–Crippen MR) is 87.3 cm³/mol. The SMILES string of the molecule is CC(C)CN(C)C(=O)c1nn(-c2ccc(F)cc2)c2c1CCC2. The first-order valence-corrected chi connectivity index (χ1v) is 8.09. The molecular weight excluding hydrogens is 293 g/mol. The van der Waals surface area contributed by atoms with Crippen molar-refractivity contribution in [3.63, 3.8) is 0 Å².